The van der Waals surface area contributed by atoms with Crippen LogP contribution < -0.4 is 10.6 Å². The van der Waals surface area contributed by atoms with Crippen molar-refractivity contribution >= 4 is 12.0 Å². The Kier molecular flexibility index (Phi) is 6.87. The fourth-order valence-electron chi connectivity index (χ4n) is 2.84. The molecule has 27 heavy (non-hydrogen) atoms. The molecule has 6 nitrogen and oxygen atoms in total. The van der Waals surface area contributed by atoms with E-state index in [-0.39, 0.29) is 5.91 Å². The Hall–Kier alpha value is -2.08. The molecule has 2 N–H and O–H groups in total. The minimum Gasteiger partial charge on any atom is -0.444 e. The highest BCUT2D eigenvalue weighted by Gasteiger charge is 2.43. The van der Waals surface area contributed by atoms with Crippen molar-refractivity contribution in [1.82, 2.24) is 10.6 Å². The first-order valence-corrected chi connectivity index (χ1v) is 9.53. The Morgan fingerprint density at radius 1 is 1.15 bits per heavy atom. The van der Waals surface area contributed by atoms with Crippen LogP contribution in [0.15, 0.2) is 30.3 Å². The van der Waals surface area contributed by atoms with E-state index in [9.17, 15) is 9.59 Å². The Morgan fingerprint density at radius 3 is 2.33 bits per heavy atom. The van der Waals surface area contributed by atoms with Crippen LogP contribution in [0.25, 0.3) is 0 Å². The van der Waals surface area contributed by atoms with Gasteiger partial charge in [0, 0.05) is 6.54 Å². The second-order valence-electron chi connectivity index (χ2n) is 8.48. The van der Waals surface area contributed by atoms with Gasteiger partial charge in [0.25, 0.3) is 0 Å². The number of ether oxygens (including phenoxy) is 2. The minimum atomic E-state index is -0.579. The molecule has 2 unspecified atom stereocenters. The van der Waals surface area contributed by atoms with E-state index in [0.717, 1.165) is 18.4 Å². The zero-order chi connectivity index (χ0) is 20.1. The summed E-state index contributed by atoms with van der Waals surface area (Å²) in [5, 5.41) is 5.86. The molecule has 0 heterocycles. The standard InChI is InChI=1S/C21H32N2O4/c1-15(26-13-16-9-7-6-8-10-16)18(24)23-21(5,17-11-12-17)14-22-19(25)27-20(2,3)4/h6-10,15,17H,11-14H2,1-5H3,(H,22,25)(H,23,24). The molecule has 2 atom stereocenters. The van der Waals surface area contributed by atoms with Crippen LogP contribution in [0, 0.1) is 5.92 Å². The van der Waals surface area contributed by atoms with Gasteiger partial charge in [-0.2, -0.15) is 0 Å². The first-order valence-electron chi connectivity index (χ1n) is 9.53. The summed E-state index contributed by atoms with van der Waals surface area (Å²) in [6.07, 6.45) is 1.01. The molecule has 1 aromatic rings. The third kappa shape index (κ3) is 7.21. The largest absolute Gasteiger partial charge is 0.444 e. The Morgan fingerprint density at radius 2 is 1.78 bits per heavy atom. The van der Waals surface area contributed by atoms with Crippen LogP contribution in [0.5, 0.6) is 0 Å². The number of carbonyl (C=O) groups is 2. The van der Waals surface area contributed by atoms with Crippen molar-refractivity contribution in [2.75, 3.05) is 6.54 Å². The summed E-state index contributed by atoms with van der Waals surface area (Å²) in [6.45, 7) is 9.87. The lowest BCUT2D eigenvalue weighted by atomic mass is 9.95. The summed E-state index contributed by atoms with van der Waals surface area (Å²) in [7, 11) is 0. The number of amides is 2. The Labute approximate surface area is 162 Å². The molecule has 1 fully saturated rings. The van der Waals surface area contributed by atoms with Crippen LogP contribution in [0.2, 0.25) is 0 Å². The van der Waals surface area contributed by atoms with Gasteiger partial charge < -0.3 is 20.1 Å². The molecule has 150 valence electrons. The molecule has 1 aromatic carbocycles. The lowest BCUT2D eigenvalue weighted by Crippen LogP contribution is -2.57. The van der Waals surface area contributed by atoms with E-state index >= 15 is 0 Å². The van der Waals surface area contributed by atoms with Crippen LogP contribution >= 0.6 is 0 Å². The van der Waals surface area contributed by atoms with Crippen molar-refractivity contribution in [2.45, 2.75) is 71.3 Å². The third-order valence-electron chi connectivity index (χ3n) is 4.60. The van der Waals surface area contributed by atoms with Gasteiger partial charge in [0.2, 0.25) is 5.91 Å². The molecule has 1 saturated carbocycles. The van der Waals surface area contributed by atoms with Gasteiger partial charge in [0.05, 0.1) is 12.1 Å². The summed E-state index contributed by atoms with van der Waals surface area (Å²) in [4.78, 5) is 24.6. The maximum absolute atomic E-state index is 12.6. The molecule has 6 heteroatoms. The van der Waals surface area contributed by atoms with Crippen molar-refractivity contribution < 1.29 is 19.1 Å². The van der Waals surface area contributed by atoms with Gasteiger partial charge in [-0.25, -0.2) is 4.79 Å². The Bertz CT molecular complexity index is 637. The Balaban J connectivity index is 1.86. The molecule has 1 aliphatic rings. The monoisotopic (exact) mass is 376 g/mol. The molecule has 0 bridgehead atoms. The highest BCUT2D eigenvalue weighted by molar-refractivity contribution is 5.81. The van der Waals surface area contributed by atoms with E-state index in [2.05, 4.69) is 10.6 Å². The smallest absolute Gasteiger partial charge is 0.407 e. The highest BCUT2D eigenvalue weighted by Crippen LogP contribution is 2.39. The molecule has 0 radical (unpaired) electrons. The van der Waals surface area contributed by atoms with Crippen molar-refractivity contribution in [3.8, 4) is 0 Å². The predicted molar refractivity (Wildman–Crippen MR) is 104 cm³/mol. The average molecular weight is 376 g/mol. The van der Waals surface area contributed by atoms with Crippen molar-refractivity contribution in [3.05, 3.63) is 35.9 Å². The quantitative estimate of drug-likeness (QED) is 0.729. The summed E-state index contributed by atoms with van der Waals surface area (Å²) in [5.41, 5.74) is -0.0461. The predicted octanol–water partition coefficient (Wildman–Crippen LogP) is 3.40. The van der Waals surface area contributed by atoms with Crippen LogP contribution in [0.3, 0.4) is 0 Å². The fraction of sp³-hybridized carbons (Fsp3) is 0.619. The van der Waals surface area contributed by atoms with E-state index in [0.29, 0.717) is 19.1 Å². The van der Waals surface area contributed by atoms with E-state index in [1.807, 2.05) is 58.0 Å². The maximum Gasteiger partial charge on any atom is 0.407 e. The summed E-state index contributed by atoms with van der Waals surface area (Å²) in [6, 6.07) is 9.75. The lowest BCUT2D eigenvalue weighted by Gasteiger charge is -2.33. The van der Waals surface area contributed by atoms with Crippen LogP contribution in [0.4, 0.5) is 4.79 Å². The second-order valence-corrected chi connectivity index (χ2v) is 8.48. The molecule has 1 aliphatic carbocycles. The van der Waals surface area contributed by atoms with Crippen molar-refractivity contribution in [1.29, 1.82) is 0 Å². The maximum atomic E-state index is 12.6. The van der Waals surface area contributed by atoms with Crippen molar-refractivity contribution in [3.63, 3.8) is 0 Å². The molecular formula is C21H32N2O4. The number of nitrogens with one attached hydrogen (secondary N) is 2. The molecule has 0 saturated heterocycles. The molecule has 0 aromatic heterocycles. The highest BCUT2D eigenvalue weighted by atomic mass is 16.6. The van der Waals surface area contributed by atoms with Gasteiger partial charge in [-0.3, -0.25) is 4.79 Å². The van der Waals surface area contributed by atoms with E-state index in [1.54, 1.807) is 6.92 Å². The van der Waals surface area contributed by atoms with Crippen LogP contribution in [-0.4, -0.2) is 35.8 Å². The topological polar surface area (TPSA) is 76.7 Å². The SMILES string of the molecule is CC(OCc1ccccc1)C(=O)NC(C)(CNC(=O)OC(C)(C)C)C1CC1. The summed E-state index contributed by atoms with van der Waals surface area (Å²) < 4.78 is 11.0. The minimum absolute atomic E-state index is 0.175. The second kappa shape index (κ2) is 8.74. The van der Waals surface area contributed by atoms with Gasteiger partial charge >= 0.3 is 6.09 Å². The molecule has 2 amide bonds. The number of benzene rings is 1. The number of hydrogen-bond acceptors (Lipinski definition) is 4. The van der Waals surface area contributed by atoms with Gasteiger partial charge in [-0.05, 0) is 58.9 Å². The third-order valence-corrected chi connectivity index (χ3v) is 4.60. The molecular weight excluding hydrogens is 344 g/mol. The zero-order valence-electron chi connectivity index (χ0n) is 17.0. The average Bonchev–Trinajstić information content (AvgIpc) is 3.43. The van der Waals surface area contributed by atoms with E-state index in [4.69, 9.17) is 9.47 Å². The van der Waals surface area contributed by atoms with Gasteiger partial charge in [0.1, 0.15) is 11.7 Å². The van der Waals surface area contributed by atoms with E-state index in [1.165, 1.54) is 0 Å². The molecule has 2 rings (SSSR count). The van der Waals surface area contributed by atoms with Gasteiger partial charge in [-0.1, -0.05) is 30.3 Å². The van der Waals surface area contributed by atoms with Crippen LogP contribution in [0.1, 0.15) is 53.0 Å². The number of alkyl carbamates (subject to hydrolysis) is 1. The first-order chi connectivity index (χ1) is 12.6. The molecule has 0 spiro atoms. The van der Waals surface area contributed by atoms with Gasteiger partial charge in [-0.15, -0.1) is 0 Å². The molecule has 0 aliphatic heterocycles. The zero-order valence-corrected chi connectivity index (χ0v) is 17.0. The summed E-state index contributed by atoms with van der Waals surface area (Å²) >= 11 is 0. The number of hydrogen-bond donors (Lipinski definition) is 2. The van der Waals surface area contributed by atoms with Crippen molar-refractivity contribution in [2.24, 2.45) is 5.92 Å². The van der Waals surface area contributed by atoms with Crippen LogP contribution in [-0.2, 0) is 20.9 Å². The number of rotatable bonds is 8. The number of carbonyl (C=O) groups excluding carboxylic acids is 2. The summed E-state index contributed by atoms with van der Waals surface area (Å²) in [5.74, 6) is 0.170. The fourth-order valence-corrected chi connectivity index (χ4v) is 2.84. The van der Waals surface area contributed by atoms with Gasteiger partial charge in [0.15, 0.2) is 0 Å². The van der Waals surface area contributed by atoms with E-state index < -0.39 is 23.3 Å². The lowest BCUT2D eigenvalue weighted by molar-refractivity contribution is -0.134. The normalized spacial score (nSPS) is 17.5. The first kappa shape index (κ1) is 21.2.